The fraction of sp³-hybridized carbons (Fsp3) is 0.118. The van der Waals surface area contributed by atoms with E-state index in [2.05, 4.69) is 0 Å². The highest BCUT2D eigenvalue weighted by Crippen LogP contribution is 2.37. The van der Waals surface area contributed by atoms with Crippen molar-refractivity contribution in [3.8, 4) is 17.2 Å². The summed E-state index contributed by atoms with van der Waals surface area (Å²) in [5.74, 6) is 0.708. The summed E-state index contributed by atoms with van der Waals surface area (Å²) in [6.45, 7) is 0.131. The van der Waals surface area contributed by atoms with E-state index in [0.29, 0.717) is 34.1 Å². The maximum absolute atomic E-state index is 11.6. The van der Waals surface area contributed by atoms with Crippen molar-refractivity contribution in [3.05, 3.63) is 47.5 Å². The molecule has 0 saturated heterocycles. The van der Waals surface area contributed by atoms with Crippen molar-refractivity contribution in [2.75, 3.05) is 19.6 Å². The average molecular weight is 313 g/mol. The van der Waals surface area contributed by atoms with Crippen molar-refractivity contribution in [2.24, 2.45) is 0 Å². The lowest BCUT2D eigenvalue weighted by Crippen LogP contribution is -2.00. The minimum absolute atomic E-state index is 0.123. The number of anilines is 1. The predicted octanol–water partition coefficient (Wildman–Crippen LogP) is 2.63. The molecule has 0 amide bonds. The number of benzene rings is 2. The average Bonchev–Trinajstić information content (AvgIpc) is 2.99. The quantitative estimate of drug-likeness (QED) is 0.512. The maximum atomic E-state index is 11.6. The first-order valence-electron chi connectivity index (χ1n) is 6.87. The van der Waals surface area contributed by atoms with Crippen LogP contribution in [0.25, 0.3) is 11.6 Å². The maximum Gasteiger partial charge on any atom is 0.336 e. The Bertz CT molecular complexity index is 780. The molecule has 0 fully saturated rings. The molecular weight excluding hydrogens is 298 g/mol. The number of hydrogen-bond donors (Lipinski definition) is 2. The van der Waals surface area contributed by atoms with Gasteiger partial charge in [0.2, 0.25) is 6.79 Å². The van der Waals surface area contributed by atoms with Gasteiger partial charge in [0, 0.05) is 17.3 Å². The molecule has 0 aromatic heterocycles. The number of carboxylic acid groups (broad SMARTS) is 1. The molecule has 0 saturated carbocycles. The number of ether oxygens (including phenoxy) is 3. The summed E-state index contributed by atoms with van der Waals surface area (Å²) in [7, 11) is 1.55. The first kappa shape index (κ1) is 14.8. The Kier molecular flexibility index (Phi) is 3.80. The molecule has 0 atom stereocenters. The van der Waals surface area contributed by atoms with Crippen molar-refractivity contribution in [3.63, 3.8) is 0 Å². The molecule has 3 rings (SSSR count). The Morgan fingerprint density at radius 1 is 1.22 bits per heavy atom. The van der Waals surface area contributed by atoms with Crippen LogP contribution in [0.5, 0.6) is 17.2 Å². The first-order valence-corrected chi connectivity index (χ1v) is 6.87. The largest absolute Gasteiger partial charge is 0.497 e. The molecule has 0 spiro atoms. The van der Waals surface area contributed by atoms with Crippen LogP contribution in [0.2, 0.25) is 0 Å². The van der Waals surface area contributed by atoms with Gasteiger partial charge in [-0.3, -0.25) is 0 Å². The number of carboxylic acids is 1. The van der Waals surface area contributed by atoms with Crippen LogP contribution in [-0.2, 0) is 4.79 Å². The molecule has 3 N–H and O–H groups in total. The summed E-state index contributed by atoms with van der Waals surface area (Å²) in [5, 5.41) is 9.50. The molecule has 6 nitrogen and oxygen atoms in total. The molecule has 23 heavy (non-hydrogen) atoms. The van der Waals surface area contributed by atoms with E-state index in [1.807, 2.05) is 0 Å². The Morgan fingerprint density at radius 3 is 2.48 bits per heavy atom. The molecule has 0 bridgehead atoms. The van der Waals surface area contributed by atoms with Gasteiger partial charge in [0.15, 0.2) is 11.5 Å². The topological polar surface area (TPSA) is 91.0 Å². The number of aliphatic carboxylic acids is 1. The van der Waals surface area contributed by atoms with Crippen molar-refractivity contribution in [2.45, 2.75) is 0 Å². The number of fused-ring (bicyclic) bond motifs is 1. The molecule has 2 aromatic rings. The lowest BCUT2D eigenvalue weighted by Gasteiger charge is -2.07. The Hall–Kier alpha value is -3.15. The molecule has 0 aliphatic carbocycles. The van der Waals surface area contributed by atoms with Crippen molar-refractivity contribution < 1.29 is 24.1 Å². The van der Waals surface area contributed by atoms with Crippen LogP contribution in [0, 0.1) is 0 Å². The van der Waals surface area contributed by atoms with E-state index in [0.717, 1.165) is 0 Å². The normalized spacial score (nSPS) is 13.0. The van der Waals surface area contributed by atoms with Gasteiger partial charge in [0.1, 0.15) is 5.75 Å². The second-order valence-corrected chi connectivity index (χ2v) is 4.93. The van der Waals surface area contributed by atoms with E-state index in [-0.39, 0.29) is 12.4 Å². The zero-order valence-electron chi connectivity index (χ0n) is 12.4. The van der Waals surface area contributed by atoms with Gasteiger partial charge in [-0.25, -0.2) is 4.79 Å². The number of rotatable bonds is 4. The first-order chi connectivity index (χ1) is 11.1. The highest BCUT2D eigenvalue weighted by Gasteiger charge is 2.17. The van der Waals surface area contributed by atoms with E-state index in [9.17, 15) is 9.90 Å². The van der Waals surface area contributed by atoms with E-state index >= 15 is 0 Å². The molecule has 1 heterocycles. The Labute approximate surface area is 132 Å². The van der Waals surface area contributed by atoms with Crippen LogP contribution in [0.4, 0.5) is 5.69 Å². The van der Waals surface area contributed by atoms with Gasteiger partial charge in [0.25, 0.3) is 0 Å². The molecule has 1 aliphatic rings. The summed E-state index contributed by atoms with van der Waals surface area (Å²) in [6.07, 6.45) is 1.52. The van der Waals surface area contributed by atoms with Gasteiger partial charge in [-0.2, -0.15) is 0 Å². The molecule has 0 radical (unpaired) electrons. The fourth-order valence-corrected chi connectivity index (χ4v) is 2.29. The smallest absolute Gasteiger partial charge is 0.336 e. The number of carbonyl (C=O) groups is 1. The van der Waals surface area contributed by atoms with E-state index in [1.54, 1.807) is 43.5 Å². The van der Waals surface area contributed by atoms with Crippen LogP contribution in [0.3, 0.4) is 0 Å². The van der Waals surface area contributed by atoms with E-state index < -0.39 is 5.97 Å². The summed E-state index contributed by atoms with van der Waals surface area (Å²) in [6, 6.07) is 10.1. The van der Waals surface area contributed by atoms with Crippen LogP contribution in [0.15, 0.2) is 36.4 Å². The lowest BCUT2D eigenvalue weighted by molar-refractivity contribution is -0.130. The number of nitrogens with two attached hydrogens (primary N) is 1. The monoisotopic (exact) mass is 313 g/mol. The third-order valence-corrected chi connectivity index (χ3v) is 3.51. The highest BCUT2D eigenvalue weighted by molar-refractivity contribution is 6.21. The summed E-state index contributed by atoms with van der Waals surface area (Å²) < 4.78 is 15.6. The molecule has 6 heteroatoms. The van der Waals surface area contributed by atoms with Crippen molar-refractivity contribution in [1.29, 1.82) is 0 Å². The Balaban J connectivity index is 2.04. The number of methoxy groups -OCH3 is 1. The zero-order valence-corrected chi connectivity index (χ0v) is 12.4. The highest BCUT2D eigenvalue weighted by atomic mass is 16.7. The number of nitrogen functional groups attached to an aromatic ring is 1. The van der Waals surface area contributed by atoms with Gasteiger partial charge in [0.05, 0.1) is 12.7 Å². The minimum Gasteiger partial charge on any atom is -0.497 e. The van der Waals surface area contributed by atoms with Gasteiger partial charge < -0.3 is 25.1 Å². The van der Waals surface area contributed by atoms with Crippen LogP contribution in [-0.4, -0.2) is 25.0 Å². The summed E-state index contributed by atoms with van der Waals surface area (Å²) >= 11 is 0. The minimum atomic E-state index is -1.05. The Morgan fingerprint density at radius 2 is 1.87 bits per heavy atom. The third-order valence-electron chi connectivity index (χ3n) is 3.51. The lowest BCUT2D eigenvalue weighted by atomic mass is 10.0. The van der Waals surface area contributed by atoms with Gasteiger partial charge >= 0.3 is 5.97 Å². The second-order valence-electron chi connectivity index (χ2n) is 4.93. The van der Waals surface area contributed by atoms with Crippen molar-refractivity contribution in [1.82, 2.24) is 0 Å². The van der Waals surface area contributed by atoms with Crippen LogP contribution < -0.4 is 19.9 Å². The number of hydrogen-bond acceptors (Lipinski definition) is 5. The SMILES string of the molecule is COc1ccc(/C(=C\c2cc3c(cc2N)OCO3)C(=O)O)cc1. The van der Waals surface area contributed by atoms with Gasteiger partial charge in [-0.05, 0) is 29.8 Å². The van der Waals surface area contributed by atoms with E-state index in [1.165, 1.54) is 6.08 Å². The predicted molar refractivity (Wildman–Crippen MR) is 85.5 cm³/mol. The molecule has 2 aromatic carbocycles. The molecule has 118 valence electrons. The van der Waals surface area contributed by atoms with Crippen LogP contribution in [0.1, 0.15) is 11.1 Å². The zero-order chi connectivity index (χ0) is 16.4. The molecule has 1 aliphatic heterocycles. The summed E-state index contributed by atoms with van der Waals surface area (Å²) in [5.41, 5.74) is 7.62. The van der Waals surface area contributed by atoms with Gasteiger partial charge in [-0.15, -0.1) is 0 Å². The molecular formula is C17H15NO5. The third kappa shape index (κ3) is 2.91. The van der Waals surface area contributed by atoms with Crippen LogP contribution >= 0.6 is 0 Å². The van der Waals surface area contributed by atoms with Crippen molar-refractivity contribution >= 4 is 23.3 Å². The fourth-order valence-electron chi connectivity index (χ4n) is 2.29. The summed E-state index contributed by atoms with van der Waals surface area (Å²) in [4.78, 5) is 11.6. The second kappa shape index (κ2) is 5.92. The molecule has 0 unspecified atom stereocenters. The van der Waals surface area contributed by atoms with Gasteiger partial charge in [-0.1, -0.05) is 12.1 Å². The standard InChI is InChI=1S/C17H15NO5/c1-21-12-4-2-10(3-5-12)13(17(19)20)6-11-7-15-16(8-14(11)18)23-9-22-15/h2-8H,9,18H2,1H3,(H,19,20)/b13-6+. The van der Waals surface area contributed by atoms with E-state index in [4.69, 9.17) is 19.9 Å².